The van der Waals surface area contributed by atoms with Gasteiger partial charge in [-0.25, -0.2) is 0 Å². The monoisotopic (exact) mass is 414 g/mol. The summed E-state index contributed by atoms with van der Waals surface area (Å²) in [6.07, 6.45) is 0. The molecule has 3 aromatic carbocycles. The minimum Gasteiger partial charge on any atom is -0.394 e. The van der Waals surface area contributed by atoms with Gasteiger partial charge in [-0.1, -0.05) is 91.0 Å². The Hall–Kier alpha value is -3.74. The molecule has 0 aliphatic rings. The smallest absolute Gasteiger partial charge is 0.303 e. The van der Waals surface area contributed by atoms with E-state index in [0.717, 1.165) is 16.7 Å². The Bertz CT molecular complexity index is 1160. The van der Waals surface area contributed by atoms with Crippen molar-refractivity contribution in [1.29, 1.82) is 0 Å². The minimum absolute atomic E-state index is 0.0313. The van der Waals surface area contributed by atoms with Crippen LogP contribution in [-0.2, 0) is 11.5 Å². The molecule has 156 valence electrons. The van der Waals surface area contributed by atoms with Crippen molar-refractivity contribution >= 4 is 5.69 Å². The summed E-state index contributed by atoms with van der Waals surface area (Å²) >= 11 is 0. The van der Waals surface area contributed by atoms with Crippen LogP contribution >= 0.6 is 0 Å². The highest BCUT2D eigenvalue weighted by atomic mass is 16.6. The largest absolute Gasteiger partial charge is 0.394 e. The van der Waals surface area contributed by atoms with Gasteiger partial charge in [0.2, 0.25) is 0 Å². The van der Waals surface area contributed by atoms with E-state index in [4.69, 9.17) is 4.74 Å². The second-order valence-electron chi connectivity index (χ2n) is 6.96. The zero-order valence-electron chi connectivity index (χ0n) is 16.8. The molecule has 0 aliphatic heterocycles. The number of aliphatic hydroxyl groups is 1. The third-order valence-corrected chi connectivity index (χ3v) is 5.03. The summed E-state index contributed by atoms with van der Waals surface area (Å²) in [5.74, 6) is 0. The number of hydrogen-bond donors (Lipinski definition) is 1. The topological polar surface area (TPSA) is 77.5 Å². The lowest BCUT2D eigenvalue weighted by molar-refractivity contribution is -0.383. The van der Waals surface area contributed by atoms with Gasteiger partial charge in [0.15, 0.2) is 0 Å². The highest BCUT2D eigenvalue weighted by molar-refractivity contribution is 5.96. The molecular formula is C25H22N2O4. The van der Waals surface area contributed by atoms with Crippen LogP contribution in [0.25, 0.3) is 33.6 Å². The summed E-state index contributed by atoms with van der Waals surface area (Å²) in [6.45, 7) is 0.0774. The molecule has 6 nitrogen and oxygen atoms in total. The number of benzene rings is 3. The van der Waals surface area contributed by atoms with Crippen molar-refractivity contribution in [3.8, 4) is 33.6 Å². The molecule has 0 amide bonds. The first-order chi connectivity index (χ1) is 15.2. The Morgan fingerprint density at radius 1 is 0.774 bits per heavy atom. The normalized spacial score (nSPS) is 10.9. The van der Waals surface area contributed by atoms with E-state index in [2.05, 4.69) is 0 Å². The highest BCUT2D eigenvalue weighted by Crippen LogP contribution is 2.47. The van der Waals surface area contributed by atoms with Gasteiger partial charge in [-0.3, -0.25) is 10.1 Å². The molecule has 4 rings (SSSR count). The summed E-state index contributed by atoms with van der Waals surface area (Å²) in [5, 5.41) is 21.6. The van der Waals surface area contributed by atoms with E-state index in [0.29, 0.717) is 17.0 Å². The summed E-state index contributed by atoms with van der Waals surface area (Å²) in [6, 6.07) is 28.3. The second kappa shape index (κ2) is 9.38. The highest BCUT2D eigenvalue weighted by Gasteiger charge is 2.33. The molecule has 0 radical (unpaired) electrons. The van der Waals surface area contributed by atoms with Crippen molar-refractivity contribution in [3.63, 3.8) is 0 Å². The van der Waals surface area contributed by atoms with Gasteiger partial charge < -0.3 is 14.4 Å². The standard InChI is InChI=1S/C25H22N2O4/c28-16-17-31-18-26-23(20-12-6-2-7-13-20)22(19-10-4-1-5-11-19)25(27(29)30)24(26)21-14-8-3-9-15-21/h1-15,28H,16-18H2. The zero-order chi connectivity index (χ0) is 21.6. The molecule has 1 heterocycles. The van der Waals surface area contributed by atoms with Crippen LogP contribution in [0.3, 0.4) is 0 Å². The number of rotatable bonds is 8. The van der Waals surface area contributed by atoms with Gasteiger partial charge in [0.1, 0.15) is 12.4 Å². The Kier molecular flexibility index (Phi) is 6.21. The second-order valence-corrected chi connectivity index (χ2v) is 6.96. The van der Waals surface area contributed by atoms with Gasteiger partial charge in [0.25, 0.3) is 0 Å². The summed E-state index contributed by atoms with van der Waals surface area (Å²) < 4.78 is 7.50. The predicted molar refractivity (Wildman–Crippen MR) is 120 cm³/mol. The molecule has 0 spiro atoms. The molecule has 1 aromatic heterocycles. The summed E-state index contributed by atoms with van der Waals surface area (Å²) in [5.41, 5.74) is 4.08. The van der Waals surface area contributed by atoms with Crippen LogP contribution in [0.5, 0.6) is 0 Å². The molecular weight excluding hydrogens is 392 g/mol. The molecule has 4 aromatic rings. The molecule has 6 heteroatoms. The molecule has 0 bridgehead atoms. The van der Waals surface area contributed by atoms with Gasteiger partial charge >= 0.3 is 5.69 Å². The lowest BCUT2D eigenvalue weighted by atomic mass is 9.99. The van der Waals surface area contributed by atoms with E-state index in [1.165, 1.54) is 0 Å². The van der Waals surface area contributed by atoms with Crippen LogP contribution < -0.4 is 0 Å². The third-order valence-electron chi connectivity index (χ3n) is 5.03. The molecule has 0 fully saturated rings. The number of nitrogens with zero attached hydrogens (tertiary/aromatic N) is 2. The SMILES string of the molecule is O=[N+]([O-])c1c(-c2ccccc2)c(-c2ccccc2)n(COCCO)c1-c1ccccc1. The lowest BCUT2D eigenvalue weighted by Crippen LogP contribution is -2.09. The van der Waals surface area contributed by atoms with Gasteiger partial charge in [-0.05, 0) is 11.1 Å². The van der Waals surface area contributed by atoms with E-state index in [-0.39, 0.29) is 30.6 Å². The van der Waals surface area contributed by atoms with Crippen molar-refractivity contribution in [2.45, 2.75) is 6.73 Å². The van der Waals surface area contributed by atoms with Crippen molar-refractivity contribution in [3.05, 3.63) is 101 Å². The maximum atomic E-state index is 12.4. The number of nitro groups is 1. The van der Waals surface area contributed by atoms with Crippen LogP contribution in [0.15, 0.2) is 91.0 Å². The third kappa shape index (κ3) is 4.12. The van der Waals surface area contributed by atoms with E-state index in [9.17, 15) is 15.2 Å². The molecule has 0 saturated heterocycles. The fourth-order valence-electron chi connectivity index (χ4n) is 3.80. The van der Waals surface area contributed by atoms with Crippen LogP contribution in [0.2, 0.25) is 0 Å². The van der Waals surface area contributed by atoms with Gasteiger partial charge in [-0.15, -0.1) is 0 Å². The van der Waals surface area contributed by atoms with E-state index >= 15 is 0 Å². The van der Waals surface area contributed by atoms with Crippen molar-refractivity contribution in [2.75, 3.05) is 13.2 Å². The van der Waals surface area contributed by atoms with Crippen molar-refractivity contribution < 1.29 is 14.8 Å². The van der Waals surface area contributed by atoms with Crippen LogP contribution in [-0.4, -0.2) is 27.8 Å². The number of hydrogen-bond acceptors (Lipinski definition) is 4. The molecule has 0 aliphatic carbocycles. The van der Waals surface area contributed by atoms with Crippen molar-refractivity contribution in [2.24, 2.45) is 0 Å². The molecule has 31 heavy (non-hydrogen) atoms. The van der Waals surface area contributed by atoms with Gasteiger partial charge in [0.05, 0.1) is 29.4 Å². The Morgan fingerprint density at radius 2 is 1.26 bits per heavy atom. The first-order valence-electron chi connectivity index (χ1n) is 9.98. The van der Waals surface area contributed by atoms with Crippen LogP contribution in [0.4, 0.5) is 5.69 Å². The Morgan fingerprint density at radius 3 is 1.74 bits per heavy atom. The predicted octanol–water partition coefficient (Wildman–Crippen LogP) is 5.36. The number of aliphatic hydroxyl groups excluding tert-OH is 1. The van der Waals surface area contributed by atoms with Crippen LogP contribution in [0.1, 0.15) is 0 Å². The Balaban J connectivity index is 2.11. The fourth-order valence-corrected chi connectivity index (χ4v) is 3.80. The number of ether oxygens (including phenoxy) is 1. The maximum Gasteiger partial charge on any atom is 0.303 e. The average Bonchev–Trinajstić information content (AvgIpc) is 3.16. The van der Waals surface area contributed by atoms with Crippen molar-refractivity contribution in [1.82, 2.24) is 4.57 Å². The quantitative estimate of drug-likeness (QED) is 0.239. The lowest BCUT2D eigenvalue weighted by Gasteiger charge is -2.14. The average molecular weight is 414 g/mol. The first-order valence-corrected chi connectivity index (χ1v) is 9.98. The minimum atomic E-state index is -0.320. The Labute approximate surface area is 180 Å². The summed E-state index contributed by atoms with van der Waals surface area (Å²) in [4.78, 5) is 12.1. The zero-order valence-corrected chi connectivity index (χ0v) is 16.8. The van der Waals surface area contributed by atoms with E-state index < -0.39 is 0 Å². The van der Waals surface area contributed by atoms with Gasteiger partial charge in [0, 0.05) is 5.56 Å². The molecule has 1 N–H and O–H groups in total. The first kappa shape index (κ1) is 20.5. The molecule has 0 saturated carbocycles. The maximum absolute atomic E-state index is 12.4. The summed E-state index contributed by atoms with van der Waals surface area (Å²) in [7, 11) is 0. The van der Waals surface area contributed by atoms with Crippen LogP contribution in [0, 0.1) is 10.1 Å². The molecule has 0 atom stereocenters. The van der Waals surface area contributed by atoms with E-state index in [1.54, 1.807) is 0 Å². The molecule has 0 unspecified atom stereocenters. The number of aromatic nitrogens is 1. The van der Waals surface area contributed by atoms with E-state index in [1.807, 2.05) is 95.6 Å². The fraction of sp³-hybridized carbons (Fsp3) is 0.120. The van der Waals surface area contributed by atoms with Gasteiger partial charge in [-0.2, -0.15) is 0 Å².